The molecule has 1 N–H and O–H groups in total. The van der Waals surface area contributed by atoms with Crippen LogP contribution in [0.5, 0.6) is 0 Å². The van der Waals surface area contributed by atoms with Crippen molar-refractivity contribution >= 4 is 10.1 Å². The van der Waals surface area contributed by atoms with Gasteiger partial charge in [0.25, 0.3) is 10.1 Å². The van der Waals surface area contributed by atoms with Crippen molar-refractivity contribution in [2.45, 2.75) is 50.7 Å². The van der Waals surface area contributed by atoms with Crippen molar-refractivity contribution < 1.29 is 13.0 Å². The highest BCUT2D eigenvalue weighted by molar-refractivity contribution is 7.86. The summed E-state index contributed by atoms with van der Waals surface area (Å²) < 4.78 is 32.2. The molecule has 2 rings (SSSR count). The Morgan fingerprint density at radius 3 is 2.69 bits per heavy atom. The minimum Gasteiger partial charge on any atom is -0.285 e. The van der Waals surface area contributed by atoms with E-state index in [9.17, 15) is 13.0 Å². The third-order valence-corrected chi connectivity index (χ3v) is 5.15. The summed E-state index contributed by atoms with van der Waals surface area (Å²) in [4.78, 5) is 0. The van der Waals surface area contributed by atoms with Crippen molar-refractivity contribution in [2.24, 2.45) is 11.8 Å². The maximum atomic E-state index is 11.4. The lowest BCUT2D eigenvalue weighted by Crippen LogP contribution is -2.25. The minimum atomic E-state index is -3.91. The predicted molar refractivity (Wildman–Crippen MR) is 63.8 cm³/mol. The Morgan fingerprint density at radius 2 is 2.25 bits per heavy atom. The standard InChI is InChI=1S/C12H20O3S/c1-2-3-4-12(16(13,14)15)11-8-9-5-6-10(11)7-9/h8-10,12H,2-7H2,1H3,(H,13,14,15). The molecule has 2 aliphatic rings. The van der Waals surface area contributed by atoms with Gasteiger partial charge in [-0.3, -0.25) is 4.55 Å². The van der Waals surface area contributed by atoms with E-state index in [0.29, 0.717) is 18.3 Å². The highest BCUT2D eigenvalue weighted by Crippen LogP contribution is 2.46. The monoisotopic (exact) mass is 244 g/mol. The van der Waals surface area contributed by atoms with Crippen molar-refractivity contribution in [3.8, 4) is 0 Å². The third-order valence-electron chi connectivity index (χ3n) is 3.92. The molecule has 16 heavy (non-hydrogen) atoms. The summed E-state index contributed by atoms with van der Waals surface area (Å²) in [5.41, 5.74) is 1.01. The molecule has 1 fully saturated rings. The van der Waals surface area contributed by atoms with Crippen LogP contribution >= 0.6 is 0 Å². The van der Waals surface area contributed by atoms with Gasteiger partial charge >= 0.3 is 0 Å². The number of allylic oxidation sites excluding steroid dienone is 1. The molecule has 3 unspecified atom stereocenters. The molecule has 0 aromatic heterocycles. The van der Waals surface area contributed by atoms with E-state index >= 15 is 0 Å². The molecule has 0 radical (unpaired) electrons. The molecule has 2 aliphatic carbocycles. The van der Waals surface area contributed by atoms with E-state index in [-0.39, 0.29) is 0 Å². The lowest BCUT2D eigenvalue weighted by molar-refractivity contribution is 0.459. The first-order valence-electron chi connectivity index (χ1n) is 6.20. The van der Waals surface area contributed by atoms with Crippen molar-refractivity contribution in [2.75, 3.05) is 0 Å². The Balaban J connectivity index is 2.17. The van der Waals surface area contributed by atoms with Gasteiger partial charge in [0.05, 0.1) is 0 Å². The zero-order valence-corrected chi connectivity index (χ0v) is 10.5. The summed E-state index contributed by atoms with van der Waals surface area (Å²) in [6.45, 7) is 2.04. The molecule has 0 aromatic carbocycles. The van der Waals surface area contributed by atoms with E-state index in [2.05, 4.69) is 6.08 Å². The molecule has 1 saturated carbocycles. The van der Waals surface area contributed by atoms with Gasteiger partial charge in [-0.05, 0) is 37.5 Å². The second-order valence-electron chi connectivity index (χ2n) is 5.08. The first-order chi connectivity index (χ1) is 7.52. The lowest BCUT2D eigenvalue weighted by Gasteiger charge is -2.21. The summed E-state index contributed by atoms with van der Waals surface area (Å²) in [6, 6.07) is 0. The van der Waals surface area contributed by atoms with E-state index in [0.717, 1.165) is 31.3 Å². The van der Waals surface area contributed by atoms with Crippen LogP contribution in [0.15, 0.2) is 11.6 Å². The molecular formula is C12H20O3S. The fraction of sp³-hybridized carbons (Fsp3) is 0.833. The molecule has 3 atom stereocenters. The largest absolute Gasteiger partial charge is 0.285 e. The average molecular weight is 244 g/mol. The van der Waals surface area contributed by atoms with Crippen molar-refractivity contribution in [1.82, 2.24) is 0 Å². The Morgan fingerprint density at radius 1 is 1.50 bits per heavy atom. The SMILES string of the molecule is CCCCC(C1=CC2CCC1C2)S(=O)(=O)O. The number of fused-ring (bicyclic) bond motifs is 2. The van der Waals surface area contributed by atoms with E-state index in [1.165, 1.54) is 6.42 Å². The van der Waals surface area contributed by atoms with Crippen LogP contribution in [-0.2, 0) is 10.1 Å². The molecule has 0 amide bonds. The van der Waals surface area contributed by atoms with Gasteiger partial charge in [-0.2, -0.15) is 8.42 Å². The maximum Gasteiger partial charge on any atom is 0.271 e. The van der Waals surface area contributed by atoms with Crippen LogP contribution in [0.4, 0.5) is 0 Å². The highest BCUT2D eigenvalue weighted by atomic mass is 32.2. The van der Waals surface area contributed by atoms with Gasteiger partial charge in [0.2, 0.25) is 0 Å². The van der Waals surface area contributed by atoms with Gasteiger partial charge in [0.15, 0.2) is 0 Å². The molecule has 92 valence electrons. The molecular weight excluding hydrogens is 224 g/mol. The van der Waals surface area contributed by atoms with Gasteiger partial charge in [-0.15, -0.1) is 0 Å². The normalized spacial score (nSPS) is 30.5. The van der Waals surface area contributed by atoms with Gasteiger partial charge in [0, 0.05) is 0 Å². The van der Waals surface area contributed by atoms with Crippen LogP contribution in [0, 0.1) is 11.8 Å². The number of rotatable bonds is 5. The lowest BCUT2D eigenvalue weighted by atomic mass is 9.93. The van der Waals surface area contributed by atoms with Gasteiger partial charge in [-0.1, -0.05) is 31.4 Å². The van der Waals surface area contributed by atoms with Crippen LogP contribution in [0.1, 0.15) is 45.4 Å². The van der Waals surface area contributed by atoms with Crippen LogP contribution in [0.2, 0.25) is 0 Å². The molecule has 2 bridgehead atoms. The van der Waals surface area contributed by atoms with E-state index in [1.54, 1.807) is 0 Å². The fourth-order valence-corrected chi connectivity index (χ4v) is 4.21. The summed E-state index contributed by atoms with van der Waals surface area (Å²) in [7, 11) is -3.91. The highest BCUT2D eigenvalue weighted by Gasteiger charge is 2.39. The number of hydrogen-bond acceptors (Lipinski definition) is 2. The molecule has 0 saturated heterocycles. The zero-order valence-electron chi connectivity index (χ0n) is 9.72. The first-order valence-corrected chi connectivity index (χ1v) is 7.70. The van der Waals surface area contributed by atoms with Crippen molar-refractivity contribution in [1.29, 1.82) is 0 Å². The Kier molecular flexibility index (Phi) is 3.40. The second kappa shape index (κ2) is 4.49. The van der Waals surface area contributed by atoms with Crippen molar-refractivity contribution in [3.63, 3.8) is 0 Å². The van der Waals surface area contributed by atoms with E-state index in [1.807, 2.05) is 6.92 Å². The fourth-order valence-electron chi connectivity index (χ4n) is 3.13. The van der Waals surface area contributed by atoms with Crippen LogP contribution in [0.25, 0.3) is 0 Å². The summed E-state index contributed by atoms with van der Waals surface area (Å²) in [5, 5.41) is -0.622. The maximum absolute atomic E-state index is 11.4. The molecule has 0 aliphatic heterocycles. The quantitative estimate of drug-likeness (QED) is 0.597. The van der Waals surface area contributed by atoms with Crippen LogP contribution < -0.4 is 0 Å². The Hall–Kier alpha value is -0.350. The topological polar surface area (TPSA) is 54.4 Å². The molecule has 3 nitrogen and oxygen atoms in total. The molecule has 4 heteroatoms. The van der Waals surface area contributed by atoms with Gasteiger partial charge in [-0.25, -0.2) is 0 Å². The van der Waals surface area contributed by atoms with Crippen LogP contribution in [0.3, 0.4) is 0 Å². The zero-order chi connectivity index (χ0) is 11.8. The number of unbranched alkanes of at least 4 members (excludes halogenated alkanes) is 1. The molecule has 0 heterocycles. The third kappa shape index (κ3) is 2.33. The summed E-state index contributed by atoms with van der Waals surface area (Å²) in [6.07, 6.45) is 7.92. The average Bonchev–Trinajstić information content (AvgIpc) is 2.77. The molecule has 0 aromatic rings. The summed E-state index contributed by atoms with van der Waals surface area (Å²) >= 11 is 0. The first kappa shape index (κ1) is 12.1. The van der Waals surface area contributed by atoms with Gasteiger partial charge < -0.3 is 0 Å². The van der Waals surface area contributed by atoms with E-state index in [4.69, 9.17) is 0 Å². The smallest absolute Gasteiger partial charge is 0.271 e. The minimum absolute atomic E-state index is 0.425. The van der Waals surface area contributed by atoms with E-state index < -0.39 is 15.4 Å². The van der Waals surface area contributed by atoms with Gasteiger partial charge in [0.1, 0.15) is 5.25 Å². The molecule has 0 spiro atoms. The summed E-state index contributed by atoms with van der Waals surface area (Å²) in [5.74, 6) is 1.000. The van der Waals surface area contributed by atoms with Crippen molar-refractivity contribution in [3.05, 3.63) is 11.6 Å². The Labute approximate surface area is 97.7 Å². The number of hydrogen-bond donors (Lipinski definition) is 1. The van der Waals surface area contributed by atoms with Crippen LogP contribution in [-0.4, -0.2) is 18.2 Å². The Bertz CT molecular complexity index is 383. The predicted octanol–water partition coefficient (Wildman–Crippen LogP) is 2.79. The second-order valence-corrected chi connectivity index (χ2v) is 6.68.